The van der Waals surface area contributed by atoms with Gasteiger partial charge in [-0.2, -0.15) is 0 Å². The Kier molecular flexibility index (Phi) is 20.9. The summed E-state index contributed by atoms with van der Waals surface area (Å²) in [6.07, 6.45) is -57.5. The molecule has 0 aromatic carbocycles. The molecule has 0 aromatic heterocycles. The van der Waals surface area contributed by atoms with Crippen LogP contribution in [0, 0.1) is 0 Å². The van der Waals surface area contributed by atoms with Crippen LogP contribution in [0.2, 0.25) is 0 Å². The third-order valence-electron chi connectivity index (χ3n) is 13.9. The summed E-state index contributed by atoms with van der Waals surface area (Å²) in [7, 11) is 0. The molecule has 12 bridgehead atoms. The van der Waals surface area contributed by atoms with Gasteiger partial charge >= 0.3 is 5.97 Å². The topological polar surface area (TPSA) is 481 Å². The zero-order valence-corrected chi connectivity index (χ0v) is 39.2. The monoisotopic (exact) mass is 1070 g/mol. The first-order valence-electron chi connectivity index (χ1n) is 24.0. The molecule has 73 heavy (non-hydrogen) atoms. The first-order chi connectivity index (χ1) is 34.9. The molecule has 0 aromatic rings. The van der Waals surface area contributed by atoms with E-state index in [0.29, 0.717) is 19.3 Å². The summed E-state index contributed by atoms with van der Waals surface area (Å²) >= 11 is 0. The van der Waals surface area contributed by atoms with Crippen LogP contribution < -0.4 is 0 Å². The molecule has 17 N–H and O–H groups in total. The van der Waals surface area contributed by atoms with Gasteiger partial charge in [0.1, 0.15) is 140 Å². The average Bonchev–Trinajstić information content (AvgIpc) is 3.38. The maximum atomic E-state index is 13.3. The molecule has 0 aliphatic carbocycles. The highest BCUT2D eigenvalue weighted by molar-refractivity contribution is 5.69. The highest BCUT2D eigenvalue weighted by Crippen LogP contribution is 2.38. The van der Waals surface area contributed by atoms with E-state index in [2.05, 4.69) is 0 Å². The normalized spacial score (nSPS) is 51.1. The summed E-state index contributed by atoms with van der Waals surface area (Å²) in [5, 5.41) is 188. The van der Waals surface area contributed by atoms with Crippen molar-refractivity contribution in [3.05, 3.63) is 0 Å². The van der Waals surface area contributed by atoms with E-state index in [9.17, 15) is 91.6 Å². The van der Waals surface area contributed by atoms with Crippen molar-refractivity contribution < 1.29 is 153 Å². The van der Waals surface area contributed by atoms with E-state index in [0.717, 1.165) is 0 Å². The lowest BCUT2D eigenvalue weighted by atomic mass is 9.94. The lowest BCUT2D eigenvalue weighted by Gasteiger charge is -2.51. The number of aliphatic hydroxyl groups excluding tert-OH is 17. The van der Waals surface area contributed by atoms with Crippen LogP contribution in [0.25, 0.3) is 0 Å². The fraction of sp³-hybridized carbons (Fsp3) is 0.976. The van der Waals surface area contributed by atoms with Crippen LogP contribution in [0.15, 0.2) is 0 Å². The second-order valence-corrected chi connectivity index (χ2v) is 18.8. The van der Waals surface area contributed by atoms with Crippen molar-refractivity contribution in [2.45, 2.75) is 217 Å². The maximum absolute atomic E-state index is 13.3. The van der Waals surface area contributed by atoms with E-state index >= 15 is 0 Å². The molecule has 22 saturated heterocycles. The minimum Gasteiger partial charge on any atom is -0.456 e. The standard InChI is InChI=1S/C42H70O31/c1-2-3-4-5-18(49)67-36-29(60)42-66-17(11-48)35(36)73-41-28(59)23(54)33(15(9-46)65-41)71-39-26(57)21(52)31(13(7-44)63-39)69-37-24(55)19(50)30(12(6-43)61-37)68-38-25(56)20(51)32(14(8-45)62-38)70-40-27(58)22(53)34(72-42)16(10-47)64-40/h12-17,19-48,50-60H,2-11H2,1H3/t12-,13-,14-,15-,16-,17-,19-,20-,21-,22-,23-,24-,25-,26-,27-,28-,29-,30-,31-,32-,33-,34-,35+,36-,37-,38-,39-,40-,41-,42-/m1/s1. The van der Waals surface area contributed by atoms with Gasteiger partial charge in [-0.05, 0) is 6.42 Å². The molecule has 0 amide bonds. The molecular formula is C42H70O31. The van der Waals surface area contributed by atoms with Gasteiger partial charge in [0.05, 0.1) is 39.6 Å². The molecule has 31 nitrogen and oxygen atoms in total. The van der Waals surface area contributed by atoms with E-state index in [4.69, 9.17) is 61.6 Å². The fourth-order valence-electron chi connectivity index (χ4n) is 9.78. The summed E-state index contributed by atoms with van der Waals surface area (Å²) in [6.45, 7) is -4.22. The molecule has 22 fully saturated rings. The van der Waals surface area contributed by atoms with E-state index in [-0.39, 0.29) is 6.42 Å². The molecule has 0 radical (unpaired) electrons. The molecular weight excluding hydrogens is 1000 g/mol. The fourth-order valence-corrected chi connectivity index (χ4v) is 9.78. The molecule has 22 aliphatic rings. The molecule has 22 aliphatic heterocycles. The van der Waals surface area contributed by atoms with Crippen molar-refractivity contribution in [3.8, 4) is 0 Å². The Balaban J connectivity index is 1.22. The van der Waals surface area contributed by atoms with Crippen LogP contribution in [0.4, 0.5) is 0 Å². The Morgan fingerprint density at radius 3 is 0.808 bits per heavy atom. The largest absolute Gasteiger partial charge is 0.456 e. The quantitative estimate of drug-likeness (QED) is 0.0675. The Labute approximate surface area is 415 Å². The van der Waals surface area contributed by atoms with Gasteiger partial charge in [0.2, 0.25) is 0 Å². The molecule has 424 valence electrons. The van der Waals surface area contributed by atoms with Crippen LogP contribution >= 0.6 is 0 Å². The molecule has 31 heteroatoms. The van der Waals surface area contributed by atoms with Gasteiger partial charge in [-0.1, -0.05) is 19.8 Å². The zero-order chi connectivity index (χ0) is 53.2. The van der Waals surface area contributed by atoms with Gasteiger partial charge in [0.25, 0.3) is 0 Å². The van der Waals surface area contributed by atoms with E-state index in [1.54, 1.807) is 0 Å². The number of rotatable bonds is 11. The second-order valence-electron chi connectivity index (χ2n) is 18.8. The van der Waals surface area contributed by atoms with Crippen molar-refractivity contribution >= 4 is 5.97 Å². The zero-order valence-electron chi connectivity index (χ0n) is 39.2. The number of hydrogen-bond acceptors (Lipinski definition) is 31. The van der Waals surface area contributed by atoms with Crippen LogP contribution in [0.1, 0.15) is 32.6 Å². The average molecular weight is 1070 g/mol. The van der Waals surface area contributed by atoms with Crippen LogP contribution in [-0.2, 0) is 66.4 Å². The lowest BCUT2D eigenvalue weighted by Crippen LogP contribution is -2.69. The maximum Gasteiger partial charge on any atom is 0.306 e. The number of unbranched alkanes of at least 4 members (excludes halogenated alkanes) is 2. The first-order valence-corrected chi connectivity index (χ1v) is 24.0. The van der Waals surface area contributed by atoms with Gasteiger partial charge in [0.15, 0.2) is 43.8 Å². The molecule has 0 saturated carbocycles. The highest BCUT2D eigenvalue weighted by atomic mass is 16.8. The SMILES string of the molecule is CCCCCC(=O)O[C@@H]1[C@@H](O)[C@H]2O[C@H]3[C@H](O)[C@@H](O)[C@@H](O[C@H]4[C@H](O)[C@@H](O)[C@@H](O[C@H]5[C@H](O)[C@@H](O)[C@@H](O[C@H]6[C@H](O)[C@@H](O)[C@@H](O[C@H]7[C@H](O)[C@@H](O)[C@@H](O[C@H]1[C@@H](CO)O2)O[C@@H]7CO)O[C@@H]6CO)O[C@@H]5CO)O[C@@H]4CO)O[C@@H]3CO. The minimum atomic E-state index is -2.19. The summed E-state index contributed by atoms with van der Waals surface area (Å²) in [4.78, 5) is 13.3. The number of carbonyl (C=O) groups excluding carboxylic acids is 1. The predicted octanol–water partition coefficient (Wildman–Crippen LogP) is -10.9. The van der Waals surface area contributed by atoms with Crippen molar-refractivity contribution in [3.63, 3.8) is 0 Å². The number of ether oxygens (including phenoxy) is 13. The van der Waals surface area contributed by atoms with Gasteiger partial charge < -0.3 is 148 Å². The third-order valence-corrected chi connectivity index (χ3v) is 13.9. The van der Waals surface area contributed by atoms with Gasteiger partial charge in [0, 0.05) is 6.42 Å². The van der Waals surface area contributed by atoms with E-state index < -0.39 is 230 Å². The van der Waals surface area contributed by atoms with E-state index in [1.165, 1.54) is 0 Å². The Morgan fingerprint density at radius 2 is 0.562 bits per heavy atom. The summed E-state index contributed by atoms with van der Waals surface area (Å²) < 4.78 is 74.8. The third kappa shape index (κ3) is 12.3. The number of aliphatic hydroxyl groups is 17. The molecule has 0 spiro atoms. The molecule has 30 atom stereocenters. The predicted molar refractivity (Wildman–Crippen MR) is 224 cm³/mol. The van der Waals surface area contributed by atoms with Crippen LogP contribution in [0.5, 0.6) is 0 Å². The van der Waals surface area contributed by atoms with Crippen molar-refractivity contribution in [1.29, 1.82) is 0 Å². The highest BCUT2D eigenvalue weighted by Gasteiger charge is 2.59. The Bertz CT molecular complexity index is 1690. The van der Waals surface area contributed by atoms with Gasteiger partial charge in [-0.25, -0.2) is 0 Å². The van der Waals surface area contributed by atoms with E-state index in [1.807, 2.05) is 6.92 Å². The molecule has 22 rings (SSSR count). The second kappa shape index (κ2) is 25.8. The number of carbonyl (C=O) groups is 1. The van der Waals surface area contributed by atoms with Gasteiger partial charge in [-0.3, -0.25) is 4.79 Å². The molecule has 22 heterocycles. The van der Waals surface area contributed by atoms with Crippen molar-refractivity contribution in [2.75, 3.05) is 39.6 Å². The minimum absolute atomic E-state index is 0.192. The van der Waals surface area contributed by atoms with Gasteiger partial charge in [-0.15, -0.1) is 0 Å². The summed E-state index contributed by atoms with van der Waals surface area (Å²) in [5.74, 6) is -0.902. The Morgan fingerprint density at radius 1 is 0.329 bits per heavy atom. The van der Waals surface area contributed by atoms with Crippen molar-refractivity contribution in [1.82, 2.24) is 0 Å². The lowest BCUT2D eigenvalue weighted by molar-refractivity contribution is -0.404. The Hall–Kier alpha value is -1.69. The van der Waals surface area contributed by atoms with Crippen LogP contribution in [0.3, 0.4) is 0 Å². The number of esters is 1. The summed E-state index contributed by atoms with van der Waals surface area (Å²) in [6, 6.07) is 0. The number of hydrogen-bond donors (Lipinski definition) is 17. The smallest absolute Gasteiger partial charge is 0.306 e. The van der Waals surface area contributed by atoms with Crippen LogP contribution in [-0.4, -0.2) is 317 Å². The first kappa shape index (κ1) is 59.0. The van der Waals surface area contributed by atoms with Crippen molar-refractivity contribution in [2.24, 2.45) is 0 Å². The molecule has 0 unspecified atom stereocenters. The summed E-state index contributed by atoms with van der Waals surface area (Å²) in [5.41, 5.74) is 0.